The van der Waals surface area contributed by atoms with Gasteiger partial charge in [0, 0.05) is 6.54 Å². The number of carbonyl (C=O) groups is 1. The van der Waals surface area contributed by atoms with Crippen LogP contribution in [0.2, 0.25) is 0 Å². The largest absolute Gasteiger partial charge is 0.481 e. The third kappa shape index (κ3) is 2.40. The summed E-state index contributed by atoms with van der Waals surface area (Å²) >= 11 is 0. The van der Waals surface area contributed by atoms with Crippen LogP contribution in [-0.4, -0.2) is 24.2 Å². The first-order valence-electron chi connectivity index (χ1n) is 6.43. The Labute approximate surface area is 97.6 Å². The van der Waals surface area contributed by atoms with E-state index in [1.54, 1.807) is 0 Å². The predicted molar refractivity (Wildman–Crippen MR) is 63.2 cm³/mol. The van der Waals surface area contributed by atoms with Gasteiger partial charge in [0.05, 0.1) is 5.92 Å². The molecule has 2 rings (SSSR count). The lowest BCUT2D eigenvalue weighted by Gasteiger charge is -2.37. The topological polar surface area (TPSA) is 49.3 Å². The molecule has 0 spiro atoms. The maximum absolute atomic E-state index is 11.1. The Morgan fingerprint density at radius 2 is 1.88 bits per heavy atom. The zero-order valence-electron chi connectivity index (χ0n) is 10.3. The minimum Gasteiger partial charge on any atom is -0.481 e. The molecule has 1 heterocycles. The maximum atomic E-state index is 11.1. The van der Waals surface area contributed by atoms with E-state index in [4.69, 9.17) is 0 Å². The summed E-state index contributed by atoms with van der Waals surface area (Å²) in [7, 11) is 0. The Bertz CT molecular complexity index is 265. The molecule has 16 heavy (non-hydrogen) atoms. The fourth-order valence-corrected chi connectivity index (χ4v) is 3.31. The Morgan fingerprint density at radius 3 is 2.44 bits per heavy atom. The van der Waals surface area contributed by atoms with Crippen molar-refractivity contribution in [2.24, 2.45) is 23.2 Å². The number of nitrogens with one attached hydrogen (secondary N) is 1. The molecule has 0 bridgehead atoms. The Morgan fingerprint density at radius 1 is 1.25 bits per heavy atom. The molecule has 1 aliphatic carbocycles. The van der Waals surface area contributed by atoms with Crippen LogP contribution < -0.4 is 5.32 Å². The Hall–Kier alpha value is -0.570. The van der Waals surface area contributed by atoms with Gasteiger partial charge in [-0.15, -0.1) is 0 Å². The number of hydrogen-bond donors (Lipinski definition) is 2. The van der Waals surface area contributed by atoms with Crippen LogP contribution in [0.1, 0.15) is 39.5 Å². The standard InChI is InChI=1S/C13H23NO2/c1-13(2)5-3-9(4-6-13)10-7-14-8-11(10)12(15)16/h9-11,14H,3-8H2,1-2H3,(H,15,16). The van der Waals surface area contributed by atoms with Crippen molar-refractivity contribution in [3.05, 3.63) is 0 Å². The van der Waals surface area contributed by atoms with Gasteiger partial charge in [0.25, 0.3) is 0 Å². The first kappa shape index (κ1) is 11.9. The molecule has 0 aromatic rings. The first-order valence-corrected chi connectivity index (χ1v) is 6.43. The number of carboxylic acid groups (broad SMARTS) is 1. The van der Waals surface area contributed by atoms with Gasteiger partial charge < -0.3 is 10.4 Å². The average Bonchev–Trinajstić information content (AvgIpc) is 2.66. The maximum Gasteiger partial charge on any atom is 0.308 e. The van der Waals surface area contributed by atoms with Crippen LogP contribution in [0.15, 0.2) is 0 Å². The van der Waals surface area contributed by atoms with E-state index in [1.807, 2.05) is 0 Å². The van der Waals surface area contributed by atoms with E-state index in [2.05, 4.69) is 19.2 Å². The molecule has 1 saturated heterocycles. The van der Waals surface area contributed by atoms with E-state index in [1.165, 1.54) is 25.7 Å². The van der Waals surface area contributed by atoms with Gasteiger partial charge in [-0.25, -0.2) is 0 Å². The SMILES string of the molecule is CC1(C)CCC(C2CNCC2C(=O)O)CC1. The van der Waals surface area contributed by atoms with Crippen LogP contribution in [0, 0.1) is 23.2 Å². The minimum atomic E-state index is -0.611. The van der Waals surface area contributed by atoms with Gasteiger partial charge in [-0.3, -0.25) is 4.79 Å². The van der Waals surface area contributed by atoms with Crippen molar-refractivity contribution in [2.45, 2.75) is 39.5 Å². The summed E-state index contributed by atoms with van der Waals surface area (Å²) in [6, 6.07) is 0. The molecule has 2 fully saturated rings. The molecule has 1 saturated carbocycles. The summed E-state index contributed by atoms with van der Waals surface area (Å²) in [6.07, 6.45) is 4.92. The third-order valence-electron chi connectivity index (χ3n) is 4.57. The van der Waals surface area contributed by atoms with Crippen LogP contribution in [-0.2, 0) is 4.79 Å². The second-order valence-electron chi connectivity index (χ2n) is 6.27. The van der Waals surface area contributed by atoms with Crippen molar-refractivity contribution >= 4 is 5.97 Å². The summed E-state index contributed by atoms with van der Waals surface area (Å²) < 4.78 is 0. The smallest absolute Gasteiger partial charge is 0.308 e. The van der Waals surface area contributed by atoms with Crippen LogP contribution >= 0.6 is 0 Å². The normalized spacial score (nSPS) is 35.1. The highest BCUT2D eigenvalue weighted by Crippen LogP contribution is 2.43. The zero-order valence-corrected chi connectivity index (χ0v) is 10.3. The highest BCUT2D eigenvalue weighted by Gasteiger charge is 2.40. The molecule has 0 amide bonds. The third-order valence-corrected chi connectivity index (χ3v) is 4.57. The van der Waals surface area contributed by atoms with Crippen molar-refractivity contribution < 1.29 is 9.90 Å². The molecule has 2 N–H and O–H groups in total. The van der Waals surface area contributed by atoms with Crippen molar-refractivity contribution in [3.63, 3.8) is 0 Å². The second-order valence-corrected chi connectivity index (χ2v) is 6.27. The van der Waals surface area contributed by atoms with Crippen molar-refractivity contribution in [1.29, 1.82) is 0 Å². The highest BCUT2D eigenvalue weighted by atomic mass is 16.4. The lowest BCUT2D eigenvalue weighted by Crippen LogP contribution is -2.32. The van der Waals surface area contributed by atoms with Gasteiger partial charge in [0.2, 0.25) is 0 Å². The van der Waals surface area contributed by atoms with E-state index in [9.17, 15) is 9.90 Å². The first-order chi connectivity index (χ1) is 7.49. The van der Waals surface area contributed by atoms with E-state index < -0.39 is 5.97 Å². The average molecular weight is 225 g/mol. The molecule has 0 radical (unpaired) electrons. The van der Waals surface area contributed by atoms with Gasteiger partial charge in [0.1, 0.15) is 0 Å². The highest BCUT2D eigenvalue weighted by molar-refractivity contribution is 5.71. The quantitative estimate of drug-likeness (QED) is 0.757. The molecule has 3 nitrogen and oxygen atoms in total. The van der Waals surface area contributed by atoms with E-state index >= 15 is 0 Å². The number of rotatable bonds is 2. The zero-order chi connectivity index (χ0) is 11.8. The summed E-state index contributed by atoms with van der Waals surface area (Å²) in [6.45, 7) is 6.22. The molecular formula is C13H23NO2. The predicted octanol–water partition coefficient (Wildman–Crippen LogP) is 2.12. The van der Waals surface area contributed by atoms with Crippen molar-refractivity contribution in [3.8, 4) is 0 Å². The van der Waals surface area contributed by atoms with Gasteiger partial charge in [-0.2, -0.15) is 0 Å². The van der Waals surface area contributed by atoms with Gasteiger partial charge >= 0.3 is 5.97 Å². The number of carboxylic acids is 1. The van der Waals surface area contributed by atoms with E-state index in [-0.39, 0.29) is 5.92 Å². The second kappa shape index (κ2) is 4.36. The minimum absolute atomic E-state index is 0.147. The fourth-order valence-electron chi connectivity index (χ4n) is 3.31. The Balaban J connectivity index is 1.96. The number of hydrogen-bond acceptors (Lipinski definition) is 2. The number of aliphatic carboxylic acids is 1. The van der Waals surface area contributed by atoms with Crippen LogP contribution in [0.3, 0.4) is 0 Å². The summed E-state index contributed by atoms with van der Waals surface area (Å²) in [5.41, 5.74) is 0.473. The van der Waals surface area contributed by atoms with Crippen molar-refractivity contribution in [1.82, 2.24) is 5.32 Å². The molecule has 2 unspecified atom stereocenters. The van der Waals surface area contributed by atoms with Crippen LogP contribution in [0.5, 0.6) is 0 Å². The van der Waals surface area contributed by atoms with Gasteiger partial charge in [0.15, 0.2) is 0 Å². The lowest BCUT2D eigenvalue weighted by molar-refractivity contribution is -0.143. The summed E-state index contributed by atoms with van der Waals surface area (Å²) in [5.74, 6) is 0.240. The van der Waals surface area contributed by atoms with Crippen molar-refractivity contribution in [2.75, 3.05) is 13.1 Å². The van der Waals surface area contributed by atoms with E-state index in [0.717, 1.165) is 6.54 Å². The molecule has 92 valence electrons. The molecular weight excluding hydrogens is 202 g/mol. The molecule has 3 heteroatoms. The monoisotopic (exact) mass is 225 g/mol. The van der Waals surface area contributed by atoms with E-state index in [0.29, 0.717) is 23.8 Å². The van der Waals surface area contributed by atoms with Gasteiger partial charge in [-0.05, 0) is 49.5 Å². The fraction of sp³-hybridized carbons (Fsp3) is 0.923. The molecule has 2 aliphatic rings. The molecule has 2 atom stereocenters. The molecule has 0 aromatic heterocycles. The van der Waals surface area contributed by atoms with Gasteiger partial charge in [-0.1, -0.05) is 13.8 Å². The summed E-state index contributed by atoms with van der Waals surface area (Å²) in [5, 5.41) is 12.4. The Kier molecular flexibility index (Phi) is 3.24. The molecule has 1 aliphatic heterocycles. The van der Waals surface area contributed by atoms with Crippen LogP contribution in [0.25, 0.3) is 0 Å². The lowest BCUT2D eigenvalue weighted by atomic mass is 9.67. The molecule has 0 aromatic carbocycles. The summed E-state index contributed by atoms with van der Waals surface area (Å²) in [4.78, 5) is 11.1. The van der Waals surface area contributed by atoms with Crippen LogP contribution in [0.4, 0.5) is 0 Å².